The first-order chi connectivity index (χ1) is 9.86. The number of piperidine rings is 1. The normalized spacial score (nSPS) is 25.4. The van der Waals surface area contributed by atoms with Gasteiger partial charge in [0.2, 0.25) is 0 Å². The van der Waals surface area contributed by atoms with Crippen LogP contribution in [0.25, 0.3) is 0 Å². The van der Waals surface area contributed by atoms with E-state index < -0.39 is 0 Å². The van der Waals surface area contributed by atoms with Crippen molar-refractivity contribution < 1.29 is 4.42 Å². The van der Waals surface area contributed by atoms with Crippen LogP contribution in [0, 0.1) is 0 Å². The minimum absolute atomic E-state index is 0.776. The number of hydrogen-bond donors (Lipinski definition) is 1. The monoisotopic (exact) mass is 277 g/mol. The van der Waals surface area contributed by atoms with Gasteiger partial charge in [0.1, 0.15) is 5.76 Å². The predicted octanol–water partition coefficient (Wildman–Crippen LogP) is 2.06. The summed E-state index contributed by atoms with van der Waals surface area (Å²) >= 11 is 0. The molecule has 0 saturated carbocycles. The summed E-state index contributed by atoms with van der Waals surface area (Å²) in [6, 6.07) is 2.86. The zero-order valence-electron chi connectivity index (χ0n) is 12.6. The lowest BCUT2D eigenvalue weighted by Crippen LogP contribution is -2.40. The third-order valence-electron chi connectivity index (χ3n) is 4.73. The average Bonchev–Trinajstić information content (AvgIpc) is 3.11. The van der Waals surface area contributed by atoms with Crippen molar-refractivity contribution in [1.29, 1.82) is 0 Å². The van der Waals surface area contributed by atoms with Crippen LogP contribution in [0.15, 0.2) is 16.7 Å². The fourth-order valence-corrected chi connectivity index (χ4v) is 3.59. The molecule has 0 spiro atoms. The van der Waals surface area contributed by atoms with E-state index in [0.717, 1.165) is 24.9 Å². The van der Waals surface area contributed by atoms with E-state index in [4.69, 9.17) is 4.42 Å². The van der Waals surface area contributed by atoms with Crippen LogP contribution >= 0.6 is 0 Å². The summed E-state index contributed by atoms with van der Waals surface area (Å²) in [5.74, 6) is 1.14. The molecule has 1 unspecified atom stereocenters. The molecule has 3 rings (SSSR count). The van der Waals surface area contributed by atoms with Crippen LogP contribution in [-0.2, 0) is 13.1 Å². The van der Waals surface area contributed by atoms with Gasteiger partial charge in [-0.15, -0.1) is 0 Å². The van der Waals surface area contributed by atoms with Crippen molar-refractivity contribution in [2.75, 3.05) is 33.2 Å². The molecule has 20 heavy (non-hydrogen) atoms. The van der Waals surface area contributed by atoms with Gasteiger partial charge in [-0.25, -0.2) is 0 Å². The van der Waals surface area contributed by atoms with Crippen LogP contribution in [0.1, 0.15) is 37.0 Å². The Bertz CT molecular complexity index is 412. The number of furan rings is 1. The summed E-state index contributed by atoms with van der Waals surface area (Å²) in [5.41, 5.74) is 1.30. The highest BCUT2D eigenvalue weighted by Gasteiger charge is 2.29. The maximum atomic E-state index is 5.66. The van der Waals surface area contributed by atoms with Gasteiger partial charge >= 0.3 is 0 Å². The standard InChI is InChI=1S/C16H27N3O/c1-17-11-14-6-10-20-16(14)13-18-9-5-15(12-18)19-7-3-2-4-8-19/h6,10,15,17H,2-5,7-9,11-13H2,1H3. The van der Waals surface area contributed by atoms with Gasteiger partial charge in [0.05, 0.1) is 12.8 Å². The number of likely N-dealkylation sites (tertiary alicyclic amines) is 2. The van der Waals surface area contributed by atoms with E-state index >= 15 is 0 Å². The molecule has 2 saturated heterocycles. The van der Waals surface area contributed by atoms with E-state index in [0.29, 0.717) is 0 Å². The summed E-state index contributed by atoms with van der Waals surface area (Å²) in [5, 5.41) is 3.21. The van der Waals surface area contributed by atoms with Gasteiger partial charge in [0.25, 0.3) is 0 Å². The molecule has 0 bridgehead atoms. The van der Waals surface area contributed by atoms with E-state index in [-0.39, 0.29) is 0 Å². The zero-order valence-corrected chi connectivity index (χ0v) is 12.6. The van der Waals surface area contributed by atoms with Crippen LogP contribution in [-0.4, -0.2) is 49.1 Å². The van der Waals surface area contributed by atoms with E-state index in [9.17, 15) is 0 Å². The lowest BCUT2D eigenvalue weighted by Gasteiger charge is -2.32. The molecule has 4 heteroatoms. The first-order valence-electron chi connectivity index (χ1n) is 8.03. The Morgan fingerprint density at radius 2 is 2.10 bits per heavy atom. The van der Waals surface area contributed by atoms with Gasteiger partial charge < -0.3 is 9.73 Å². The molecule has 112 valence electrons. The van der Waals surface area contributed by atoms with Gasteiger partial charge in [-0.3, -0.25) is 9.80 Å². The lowest BCUT2D eigenvalue weighted by atomic mass is 10.1. The van der Waals surface area contributed by atoms with Gasteiger partial charge in [-0.2, -0.15) is 0 Å². The minimum atomic E-state index is 0.776. The third-order valence-corrected chi connectivity index (χ3v) is 4.73. The maximum Gasteiger partial charge on any atom is 0.122 e. The molecule has 2 aliphatic heterocycles. The van der Waals surface area contributed by atoms with E-state index in [1.54, 1.807) is 0 Å². The van der Waals surface area contributed by atoms with Crippen molar-refractivity contribution in [3.63, 3.8) is 0 Å². The Labute approximate surface area is 122 Å². The second-order valence-electron chi connectivity index (χ2n) is 6.17. The Morgan fingerprint density at radius 1 is 1.25 bits per heavy atom. The first-order valence-corrected chi connectivity index (χ1v) is 8.03. The predicted molar refractivity (Wildman–Crippen MR) is 80.6 cm³/mol. The quantitative estimate of drug-likeness (QED) is 0.893. The third kappa shape index (κ3) is 3.25. The molecule has 3 heterocycles. The van der Waals surface area contributed by atoms with Gasteiger partial charge in [0, 0.05) is 31.2 Å². The lowest BCUT2D eigenvalue weighted by molar-refractivity contribution is 0.159. The van der Waals surface area contributed by atoms with Crippen molar-refractivity contribution in [3.05, 3.63) is 23.7 Å². The summed E-state index contributed by atoms with van der Waals surface area (Å²) in [4.78, 5) is 5.26. The van der Waals surface area contributed by atoms with Crippen LogP contribution < -0.4 is 5.32 Å². The molecule has 2 fully saturated rings. The smallest absolute Gasteiger partial charge is 0.122 e. The number of hydrogen-bond acceptors (Lipinski definition) is 4. The Balaban J connectivity index is 1.53. The SMILES string of the molecule is CNCc1ccoc1CN1CCC(N2CCCCC2)C1. The highest BCUT2D eigenvalue weighted by molar-refractivity contribution is 5.17. The van der Waals surface area contributed by atoms with Crippen molar-refractivity contribution in [2.24, 2.45) is 0 Å². The zero-order chi connectivity index (χ0) is 13.8. The molecular formula is C16H27N3O. The maximum absolute atomic E-state index is 5.66. The fourth-order valence-electron chi connectivity index (χ4n) is 3.59. The van der Waals surface area contributed by atoms with E-state index in [1.165, 1.54) is 57.4 Å². The minimum Gasteiger partial charge on any atom is -0.468 e. The van der Waals surface area contributed by atoms with E-state index in [1.807, 2.05) is 13.3 Å². The first kappa shape index (κ1) is 14.1. The molecule has 4 nitrogen and oxygen atoms in total. The molecule has 1 N–H and O–H groups in total. The molecule has 0 aromatic carbocycles. The van der Waals surface area contributed by atoms with Crippen LogP contribution in [0.3, 0.4) is 0 Å². The summed E-state index contributed by atoms with van der Waals surface area (Å²) in [6.07, 6.45) is 7.34. The van der Waals surface area contributed by atoms with Gasteiger partial charge in [-0.1, -0.05) is 6.42 Å². The summed E-state index contributed by atoms with van der Waals surface area (Å²) in [6.45, 7) is 6.90. The second kappa shape index (κ2) is 6.74. The number of nitrogens with zero attached hydrogens (tertiary/aromatic N) is 2. The van der Waals surface area contributed by atoms with Crippen molar-refractivity contribution in [3.8, 4) is 0 Å². The summed E-state index contributed by atoms with van der Waals surface area (Å²) < 4.78 is 5.66. The van der Waals surface area contributed by atoms with Gasteiger partial charge in [-0.05, 0) is 45.5 Å². The largest absolute Gasteiger partial charge is 0.468 e. The molecule has 0 amide bonds. The Kier molecular flexibility index (Phi) is 4.76. The molecule has 0 radical (unpaired) electrons. The highest BCUT2D eigenvalue weighted by Crippen LogP contribution is 2.22. The van der Waals surface area contributed by atoms with Crippen molar-refractivity contribution in [1.82, 2.24) is 15.1 Å². The molecule has 1 atom stereocenters. The number of nitrogens with one attached hydrogen (secondary N) is 1. The summed E-state index contributed by atoms with van der Waals surface area (Å²) in [7, 11) is 1.99. The van der Waals surface area contributed by atoms with Crippen molar-refractivity contribution in [2.45, 2.75) is 44.8 Å². The molecule has 2 aliphatic rings. The van der Waals surface area contributed by atoms with Crippen LogP contribution in [0.4, 0.5) is 0 Å². The molecule has 1 aromatic heterocycles. The highest BCUT2D eigenvalue weighted by atomic mass is 16.3. The average molecular weight is 277 g/mol. The molecule has 1 aromatic rings. The topological polar surface area (TPSA) is 31.7 Å². The van der Waals surface area contributed by atoms with Crippen molar-refractivity contribution >= 4 is 0 Å². The Morgan fingerprint density at radius 3 is 2.90 bits per heavy atom. The van der Waals surface area contributed by atoms with Crippen LogP contribution in [0.2, 0.25) is 0 Å². The van der Waals surface area contributed by atoms with Crippen LogP contribution in [0.5, 0.6) is 0 Å². The second-order valence-corrected chi connectivity index (χ2v) is 6.17. The molecular weight excluding hydrogens is 250 g/mol. The molecule has 0 aliphatic carbocycles. The number of rotatable bonds is 5. The Hall–Kier alpha value is -0.840. The van der Waals surface area contributed by atoms with E-state index in [2.05, 4.69) is 21.2 Å². The fraction of sp³-hybridized carbons (Fsp3) is 0.750. The van der Waals surface area contributed by atoms with Gasteiger partial charge in [0.15, 0.2) is 0 Å².